The van der Waals surface area contributed by atoms with Crippen molar-refractivity contribution in [2.24, 2.45) is 5.92 Å². The van der Waals surface area contributed by atoms with Gasteiger partial charge in [0.25, 0.3) is 0 Å². The van der Waals surface area contributed by atoms with Crippen LogP contribution in [0.15, 0.2) is 0 Å². The highest BCUT2D eigenvalue weighted by Gasteiger charge is 2.27. The summed E-state index contributed by atoms with van der Waals surface area (Å²) in [5.41, 5.74) is 0. The van der Waals surface area contributed by atoms with Gasteiger partial charge in [0.05, 0.1) is 0 Å². The number of ketones is 1. The predicted molar refractivity (Wildman–Crippen MR) is 46.3 cm³/mol. The third-order valence-corrected chi connectivity index (χ3v) is 2.93. The van der Waals surface area contributed by atoms with Crippen molar-refractivity contribution in [3.8, 4) is 0 Å². The summed E-state index contributed by atoms with van der Waals surface area (Å²) in [5, 5.41) is 0. The number of hydrogen-bond donors (Lipinski definition) is 1. The van der Waals surface area contributed by atoms with Gasteiger partial charge in [-0.05, 0) is 17.4 Å². The van der Waals surface area contributed by atoms with E-state index in [2.05, 4.69) is 0 Å². The Bertz CT molecular complexity index is 185. The lowest BCUT2D eigenvalue weighted by Crippen LogP contribution is -2.19. The Kier molecular flexibility index (Phi) is 3.83. The number of rotatable bonds is 3. The summed E-state index contributed by atoms with van der Waals surface area (Å²) in [6, 6.07) is 0. The molecule has 1 unspecified atom stereocenters. The molecule has 0 amide bonds. The second-order valence-electron chi connectivity index (χ2n) is 3.31. The van der Waals surface area contributed by atoms with Crippen LogP contribution >= 0.6 is 8.03 Å². The van der Waals surface area contributed by atoms with E-state index in [0.29, 0.717) is 0 Å². The first kappa shape index (κ1) is 9.82. The van der Waals surface area contributed by atoms with Gasteiger partial charge in [0.2, 0.25) is 6.16 Å². The fourth-order valence-corrected chi connectivity index (χ4v) is 2.21. The minimum atomic E-state index is -2.26. The van der Waals surface area contributed by atoms with Crippen molar-refractivity contribution in [2.45, 2.75) is 32.1 Å². The van der Waals surface area contributed by atoms with E-state index >= 15 is 0 Å². The topological polar surface area (TPSA) is 54.4 Å². The van der Waals surface area contributed by atoms with Gasteiger partial charge in [-0.25, -0.2) is 0 Å². The maximum atomic E-state index is 11.3. The highest BCUT2D eigenvalue weighted by atomic mass is 31.1. The van der Waals surface area contributed by atoms with Crippen LogP contribution in [-0.2, 0) is 9.36 Å². The molecule has 12 heavy (non-hydrogen) atoms. The summed E-state index contributed by atoms with van der Waals surface area (Å²) >= 11 is 0. The van der Waals surface area contributed by atoms with E-state index in [1.807, 2.05) is 0 Å². The normalized spacial score (nSPS) is 20.6. The van der Waals surface area contributed by atoms with Crippen molar-refractivity contribution in [3.63, 3.8) is 0 Å². The summed E-state index contributed by atoms with van der Waals surface area (Å²) in [5.74, 6) is 0.0585. The first-order valence-electron chi connectivity index (χ1n) is 4.36. The van der Waals surface area contributed by atoms with E-state index in [0.717, 1.165) is 25.7 Å². The quantitative estimate of drug-likeness (QED) is 0.689. The van der Waals surface area contributed by atoms with Crippen LogP contribution < -0.4 is 0 Å². The number of Topliss-reactive ketones (excluding diaryl/α,β-unsaturated/α-hetero) is 1. The van der Waals surface area contributed by atoms with Crippen LogP contribution in [0.5, 0.6) is 0 Å². The van der Waals surface area contributed by atoms with Crippen molar-refractivity contribution in [1.82, 2.24) is 0 Å². The van der Waals surface area contributed by atoms with Gasteiger partial charge in [0, 0.05) is 5.92 Å². The molecule has 0 aromatic carbocycles. The Labute approximate surface area is 73.0 Å². The molecule has 0 heterocycles. The lowest BCUT2D eigenvalue weighted by atomic mass is 9.87. The van der Waals surface area contributed by atoms with Gasteiger partial charge in [-0.3, -0.25) is 4.79 Å². The number of carbonyl (C=O) groups excluding carboxylic acids is 1. The first-order chi connectivity index (χ1) is 5.70. The summed E-state index contributed by atoms with van der Waals surface area (Å²) in [7, 11) is -2.26. The monoisotopic (exact) mass is 189 g/mol. The zero-order valence-electron chi connectivity index (χ0n) is 7.03. The van der Waals surface area contributed by atoms with E-state index in [9.17, 15) is 9.36 Å². The molecule has 1 atom stereocenters. The first-order valence-corrected chi connectivity index (χ1v) is 5.76. The standard InChI is InChI=1S/C8H13O3P/c9-8(6-12(10)11)7-4-2-1-3-5-7/h7H,1-6H2/p+1. The molecule has 1 aliphatic rings. The maximum absolute atomic E-state index is 11.3. The zero-order chi connectivity index (χ0) is 8.97. The molecule has 0 saturated heterocycles. The summed E-state index contributed by atoms with van der Waals surface area (Å²) < 4.78 is 10.4. The van der Waals surface area contributed by atoms with Crippen molar-refractivity contribution < 1.29 is 14.3 Å². The van der Waals surface area contributed by atoms with Crippen LogP contribution in [-0.4, -0.2) is 16.8 Å². The highest BCUT2D eigenvalue weighted by Crippen LogP contribution is 2.27. The number of hydrogen-bond acceptors (Lipinski definition) is 2. The molecule has 68 valence electrons. The third kappa shape index (κ3) is 3.00. The molecule has 1 fully saturated rings. The van der Waals surface area contributed by atoms with Gasteiger partial charge in [0.1, 0.15) is 0 Å². The second kappa shape index (κ2) is 4.68. The van der Waals surface area contributed by atoms with Gasteiger partial charge >= 0.3 is 8.03 Å². The van der Waals surface area contributed by atoms with Crippen LogP contribution in [0.1, 0.15) is 32.1 Å². The Morgan fingerprint density at radius 3 is 2.42 bits per heavy atom. The van der Waals surface area contributed by atoms with Crippen LogP contribution in [0.3, 0.4) is 0 Å². The van der Waals surface area contributed by atoms with Crippen molar-refractivity contribution in [1.29, 1.82) is 0 Å². The lowest BCUT2D eigenvalue weighted by molar-refractivity contribution is -0.121. The van der Waals surface area contributed by atoms with Crippen LogP contribution in [0, 0.1) is 5.92 Å². The molecule has 1 aliphatic carbocycles. The van der Waals surface area contributed by atoms with Crippen LogP contribution in [0.4, 0.5) is 0 Å². The van der Waals surface area contributed by atoms with Crippen LogP contribution in [0.25, 0.3) is 0 Å². The van der Waals surface area contributed by atoms with Gasteiger partial charge in [-0.1, -0.05) is 19.3 Å². The van der Waals surface area contributed by atoms with E-state index in [1.54, 1.807) is 0 Å². The lowest BCUT2D eigenvalue weighted by Gasteiger charge is -2.17. The summed E-state index contributed by atoms with van der Waals surface area (Å²) in [6.45, 7) is 0. The largest absolute Gasteiger partial charge is 0.513 e. The molecule has 0 spiro atoms. The molecular formula is C8H14O3P+. The zero-order valence-corrected chi connectivity index (χ0v) is 7.93. The average Bonchev–Trinajstić information content (AvgIpc) is 2.05. The molecule has 0 bridgehead atoms. The SMILES string of the molecule is O=C(C[P+](=O)O)C1CCCCC1. The van der Waals surface area contributed by atoms with E-state index in [-0.39, 0.29) is 17.9 Å². The Morgan fingerprint density at radius 2 is 1.92 bits per heavy atom. The summed E-state index contributed by atoms with van der Waals surface area (Å²) in [6.07, 6.45) is 5.09. The second-order valence-corrected chi connectivity index (χ2v) is 4.33. The van der Waals surface area contributed by atoms with E-state index < -0.39 is 8.03 Å². The van der Waals surface area contributed by atoms with Crippen molar-refractivity contribution in [2.75, 3.05) is 6.16 Å². The minimum Gasteiger partial charge on any atom is -0.294 e. The Balaban J connectivity index is 2.34. The average molecular weight is 189 g/mol. The maximum Gasteiger partial charge on any atom is 0.513 e. The molecule has 0 aromatic heterocycles. The molecule has 0 aliphatic heterocycles. The molecule has 1 saturated carbocycles. The van der Waals surface area contributed by atoms with Crippen molar-refractivity contribution >= 4 is 13.8 Å². The third-order valence-electron chi connectivity index (χ3n) is 2.35. The highest BCUT2D eigenvalue weighted by molar-refractivity contribution is 7.39. The van der Waals surface area contributed by atoms with Crippen molar-refractivity contribution in [3.05, 3.63) is 0 Å². The molecule has 0 aromatic rings. The molecule has 0 radical (unpaired) electrons. The van der Waals surface area contributed by atoms with Crippen LogP contribution in [0.2, 0.25) is 0 Å². The van der Waals surface area contributed by atoms with E-state index in [4.69, 9.17) is 4.89 Å². The molecule has 3 nitrogen and oxygen atoms in total. The smallest absolute Gasteiger partial charge is 0.294 e. The molecular weight excluding hydrogens is 175 g/mol. The van der Waals surface area contributed by atoms with Gasteiger partial charge in [-0.15, -0.1) is 0 Å². The molecule has 1 rings (SSSR count). The van der Waals surface area contributed by atoms with E-state index in [1.165, 1.54) is 6.42 Å². The van der Waals surface area contributed by atoms with Gasteiger partial charge < -0.3 is 0 Å². The Hall–Kier alpha value is -0.270. The minimum absolute atomic E-state index is 0.0155. The molecule has 4 heteroatoms. The predicted octanol–water partition coefficient (Wildman–Crippen LogP) is 1.87. The Morgan fingerprint density at radius 1 is 1.33 bits per heavy atom. The van der Waals surface area contributed by atoms with Gasteiger partial charge in [-0.2, -0.15) is 4.89 Å². The van der Waals surface area contributed by atoms with Gasteiger partial charge in [0.15, 0.2) is 5.78 Å². The number of carbonyl (C=O) groups is 1. The summed E-state index contributed by atoms with van der Waals surface area (Å²) in [4.78, 5) is 19.8. The fourth-order valence-electron chi connectivity index (χ4n) is 1.69. The fraction of sp³-hybridized carbons (Fsp3) is 0.875. The molecule has 1 N–H and O–H groups in total.